The number of fused-ring (bicyclic) bond motifs is 1. The molecule has 0 aromatic heterocycles. The zero-order valence-electron chi connectivity index (χ0n) is 17.4. The quantitative estimate of drug-likeness (QED) is 0.772. The average Bonchev–Trinajstić information content (AvgIpc) is 3.13. The second-order valence-corrected chi connectivity index (χ2v) is 7.29. The number of nitriles is 1. The van der Waals surface area contributed by atoms with Crippen molar-refractivity contribution in [2.24, 2.45) is 0 Å². The van der Waals surface area contributed by atoms with Gasteiger partial charge in [-0.3, -0.25) is 9.69 Å². The Hall–Kier alpha value is -2.64. The number of carbonyl (C=O) groups excluding carboxylic acids is 1. The van der Waals surface area contributed by atoms with Crippen molar-refractivity contribution in [3.05, 3.63) is 35.4 Å². The zero-order valence-corrected chi connectivity index (χ0v) is 17.4. The molecule has 31 heavy (non-hydrogen) atoms. The van der Waals surface area contributed by atoms with E-state index in [1.807, 2.05) is 4.90 Å². The summed E-state index contributed by atoms with van der Waals surface area (Å²) in [6.07, 6.45) is -3.00. The smallest absolute Gasteiger partial charge is 0.475 e. The lowest BCUT2D eigenvalue weighted by Gasteiger charge is -2.35. The average molecular weight is 441 g/mol. The number of hydrogen-bond donors (Lipinski definition) is 1. The molecule has 0 unspecified atom stereocenters. The largest absolute Gasteiger partial charge is 0.490 e. The molecule has 170 valence electrons. The third-order valence-electron chi connectivity index (χ3n) is 5.52. The first-order valence-electron chi connectivity index (χ1n) is 10.1. The minimum absolute atomic E-state index is 0.0160. The fraction of sp³-hybridized carbons (Fsp3) is 0.571. The summed E-state index contributed by atoms with van der Waals surface area (Å²) in [6.45, 7) is 7.71. The number of rotatable bonds is 4. The number of benzene rings is 1. The van der Waals surface area contributed by atoms with E-state index in [1.54, 1.807) is 24.3 Å². The van der Waals surface area contributed by atoms with Gasteiger partial charge in [-0.2, -0.15) is 18.4 Å². The van der Waals surface area contributed by atoms with E-state index in [-0.39, 0.29) is 24.1 Å². The molecule has 2 heterocycles. The molecule has 0 aliphatic carbocycles. The molecule has 1 aromatic rings. The SMILES string of the molecule is CCN(CC)[C@@H]1CN(C(=O)c2cccc(C#N)c2)[C@@H]2CCCO[C@H]12.O=C(O)C(F)(F)F. The van der Waals surface area contributed by atoms with Crippen molar-refractivity contribution in [1.82, 2.24) is 9.80 Å². The van der Waals surface area contributed by atoms with E-state index >= 15 is 0 Å². The third-order valence-corrected chi connectivity index (χ3v) is 5.52. The van der Waals surface area contributed by atoms with Crippen molar-refractivity contribution < 1.29 is 32.6 Å². The third kappa shape index (κ3) is 5.95. The second kappa shape index (κ2) is 10.6. The van der Waals surface area contributed by atoms with Crippen molar-refractivity contribution in [3.63, 3.8) is 0 Å². The second-order valence-electron chi connectivity index (χ2n) is 7.29. The Kier molecular flexibility index (Phi) is 8.42. The van der Waals surface area contributed by atoms with E-state index < -0.39 is 12.1 Å². The molecule has 7 nitrogen and oxygen atoms in total. The first-order chi connectivity index (χ1) is 14.6. The van der Waals surface area contributed by atoms with Gasteiger partial charge in [0, 0.05) is 18.7 Å². The van der Waals surface area contributed by atoms with Crippen molar-refractivity contribution in [2.45, 2.75) is 51.1 Å². The molecule has 3 rings (SSSR count). The molecule has 0 bridgehead atoms. The fourth-order valence-corrected chi connectivity index (χ4v) is 4.07. The summed E-state index contributed by atoms with van der Waals surface area (Å²) in [6, 6.07) is 9.50. The van der Waals surface area contributed by atoms with Crippen LogP contribution in [-0.2, 0) is 9.53 Å². The molecule has 2 aliphatic rings. The van der Waals surface area contributed by atoms with Gasteiger partial charge < -0.3 is 14.7 Å². The van der Waals surface area contributed by atoms with E-state index in [1.165, 1.54) is 0 Å². The maximum atomic E-state index is 13.1. The van der Waals surface area contributed by atoms with Crippen LogP contribution in [-0.4, -0.2) is 77.4 Å². The van der Waals surface area contributed by atoms with Gasteiger partial charge in [-0.25, -0.2) is 4.79 Å². The van der Waals surface area contributed by atoms with Crippen LogP contribution < -0.4 is 0 Å². The van der Waals surface area contributed by atoms with Crippen molar-refractivity contribution in [2.75, 3.05) is 26.2 Å². The van der Waals surface area contributed by atoms with E-state index in [4.69, 9.17) is 19.9 Å². The van der Waals surface area contributed by atoms with E-state index in [2.05, 4.69) is 24.8 Å². The van der Waals surface area contributed by atoms with Gasteiger partial charge in [-0.15, -0.1) is 0 Å². The maximum Gasteiger partial charge on any atom is 0.490 e. The van der Waals surface area contributed by atoms with Crippen LogP contribution in [0.1, 0.15) is 42.6 Å². The van der Waals surface area contributed by atoms with Crippen molar-refractivity contribution in [3.8, 4) is 6.07 Å². The van der Waals surface area contributed by atoms with Crippen LogP contribution in [0.3, 0.4) is 0 Å². The number of carbonyl (C=O) groups is 2. The maximum absolute atomic E-state index is 13.1. The first kappa shape index (κ1) is 24.6. The highest BCUT2D eigenvalue weighted by Crippen LogP contribution is 2.32. The van der Waals surface area contributed by atoms with Crippen LogP contribution in [0, 0.1) is 11.3 Å². The highest BCUT2D eigenvalue weighted by atomic mass is 19.4. The van der Waals surface area contributed by atoms with Crippen LogP contribution in [0.2, 0.25) is 0 Å². The van der Waals surface area contributed by atoms with Gasteiger partial charge in [-0.05, 0) is 44.1 Å². The Labute approximate surface area is 179 Å². The summed E-state index contributed by atoms with van der Waals surface area (Å²) in [4.78, 5) is 26.3. The molecule has 2 aliphatic heterocycles. The number of nitrogens with zero attached hydrogens (tertiary/aromatic N) is 3. The Balaban J connectivity index is 0.000000423. The van der Waals surface area contributed by atoms with Gasteiger partial charge in [0.25, 0.3) is 5.91 Å². The van der Waals surface area contributed by atoms with Crippen LogP contribution in [0.25, 0.3) is 0 Å². The molecule has 3 atom stereocenters. The molecular weight excluding hydrogens is 415 g/mol. The molecule has 0 radical (unpaired) electrons. The fourth-order valence-electron chi connectivity index (χ4n) is 4.07. The van der Waals surface area contributed by atoms with Gasteiger partial charge in [0.15, 0.2) is 0 Å². The number of amides is 1. The molecule has 1 N–H and O–H groups in total. The lowest BCUT2D eigenvalue weighted by atomic mass is 9.99. The van der Waals surface area contributed by atoms with E-state index in [9.17, 15) is 18.0 Å². The van der Waals surface area contributed by atoms with Crippen LogP contribution in [0.15, 0.2) is 24.3 Å². The molecule has 1 amide bonds. The summed E-state index contributed by atoms with van der Waals surface area (Å²) in [5, 5.41) is 16.2. The highest BCUT2D eigenvalue weighted by molar-refractivity contribution is 5.95. The minimum atomic E-state index is -5.08. The first-order valence-corrected chi connectivity index (χ1v) is 10.1. The summed E-state index contributed by atoms with van der Waals surface area (Å²) in [5.41, 5.74) is 1.12. The monoisotopic (exact) mass is 441 g/mol. The lowest BCUT2D eigenvalue weighted by molar-refractivity contribution is -0.192. The van der Waals surface area contributed by atoms with Gasteiger partial charge in [0.05, 0.1) is 29.8 Å². The number of alkyl halides is 3. The van der Waals surface area contributed by atoms with Gasteiger partial charge in [-0.1, -0.05) is 19.9 Å². The Morgan fingerprint density at radius 2 is 1.97 bits per heavy atom. The number of aliphatic carboxylic acids is 1. The molecule has 2 fully saturated rings. The Bertz CT molecular complexity index is 821. The molecule has 1 aromatic carbocycles. The summed E-state index contributed by atoms with van der Waals surface area (Å²) < 4.78 is 37.8. The standard InChI is InChI=1S/C19H25N3O2.C2HF3O2/c1-3-21(4-2)17-13-22(16-9-6-10-24-18(16)17)19(23)15-8-5-7-14(11-15)12-20;3-2(4,5)1(6)7/h5,7-8,11,16-18H,3-4,6,9-10,13H2,1-2H3;(H,6,7)/t16-,17-,18+;/m1./s1. The minimum Gasteiger partial charge on any atom is -0.475 e. The Morgan fingerprint density at radius 1 is 1.32 bits per heavy atom. The summed E-state index contributed by atoms with van der Waals surface area (Å²) in [7, 11) is 0. The molecule has 0 saturated carbocycles. The highest BCUT2D eigenvalue weighted by Gasteiger charge is 2.47. The zero-order chi connectivity index (χ0) is 23.2. The number of carboxylic acid groups (broad SMARTS) is 1. The Morgan fingerprint density at radius 3 is 2.52 bits per heavy atom. The van der Waals surface area contributed by atoms with Gasteiger partial charge in [0.1, 0.15) is 0 Å². The topological polar surface area (TPSA) is 93.9 Å². The number of ether oxygens (including phenoxy) is 1. The molecule has 2 saturated heterocycles. The molecule has 0 spiro atoms. The normalized spacial score (nSPS) is 22.9. The predicted molar refractivity (Wildman–Crippen MR) is 105 cm³/mol. The number of carboxylic acids is 1. The number of hydrogen-bond acceptors (Lipinski definition) is 5. The summed E-state index contributed by atoms with van der Waals surface area (Å²) >= 11 is 0. The number of likely N-dealkylation sites (N-methyl/N-ethyl adjacent to an activating group) is 1. The van der Waals surface area contributed by atoms with Gasteiger partial charge in [0.2, 0.25) is 0 Å². The predicted octanol–water partition coefficient (Wildman–Crippen LogP) is 2.91. The van der Waals surface area contributed by atoms with Crippen LogP contribution >= 0.6 is 0 Å². The van der Waals surface area contributed by atoms with E-state index in [0.29, 0.717) is 17.7 Å². The number of likely N-dealkylation sites (tertiary alicyclic amines) is 1. The van der Waals surface area contributed by atoms with Crippen molar-refractivity contribution >= 4 is 11.9 Å². The van der Waals surface area contributed by atoms with Gasteiger partial charge >= 0.3 is 12.1 Å². The van der Waals surface area contributed by atoms with Crippen molar-refractivity contribution in [1.29, 1.82) is 5.26 Å². The lowest BCUT2D eigenvalue weighted by Crippen LogP contribution is -2.47. The summed E-state index contributed by atoms with van der Waals surface area (Å²) in [5.74, 6) is -2.74. The van der Waals surface area contributed by atoms with Crippen LogP contribution in [0.4, 0.5) is 13.2 Å². The number of halogens is 3. The molecular formula is C21H26F3N3O4. The van der Waals surface area contributed by atoms with E-state index in [0.717, 1.165) is 32.5 Å². The molecule has 10 heteroatoms. The van der Waals surface area contributed by atoms with Crippen LogP contribution in [0.5, 0.6) is 0 Å².